The number of hydrogen-bond acceptors (Lipinski definition) is 5. The average molecular weight is 330 g/mol. The number of ether oxygens (including phenoxy) is 1. The van der Waals surface area contributed by atoms with Crippen LogP contribution in [-0.4, -0.2) is 17.0 Å². The zero-order chi connectivity index (χ0) is 16.2. The van der Waals surface area contributed by atoms with Crippen LogP contribution in [0.5, 0.6) is 0 Å². The van der Waals surface area contributed by atoms with Crippen LogP contribution in [0.2, 0.25) is 0 Å². The van der Waals surface area contributed by atoms with E-state index in [0.717, 1.165) is 12.4 Å². The minimum absolute atomic E-state index is 0.0816. The first-order valence-electron chi connectivity index (χ1n) is 5.88. The highest BCUT2D eigenvalue weighted by molar-refractivity contribution is 7.07. The van der Waals surface area contributed by atoms with Crippen LogP contribution in [0.25, 0.3) is 0 Å². The van der Waals surface area contributed by atoms with Crippen molar-refractivity contribution in [3.8, 4) is 0 Å². The van der Waals surface area contributed by atoms with Crippen molar-refractivity contribution < 1.29 is 27.5 Å². The van der Waals surface area contributed by atoms with E-state index < -0.39 is 29.3 Å². The summed E-state index contributed by atoms with van der Waals surface area (Å²) in [4.78, 5) is 26.6. The number of imide groups is 1. The second-order valence-corrected chi connectivity index (χ2v) is 4.86. The monoisotopic (exact) mass is 330 g/mol. The molecule has 0 bridgehead atoms. The van der Waals surface area contributed by atoms with Gasteiger partial charge in [0.25, 0.3) is 5.91 Å². The molecule has 0 atom stereocenters. The van der Waals surface area contributed by atoms with Crippen molar-refractivity contribution >= 4 is 23.3 Å². The van der Waals surface area contributed by atoms with Gasteiger partial charge in [-0.05, 0) is 22.9 Å². The number of rotatable bonds is 3. The molecule has 0 saturated carbocycles. The lowest BCUT2D eigenvalue weighted by Gasteiger charge is -2.11. The normalized spacial score (nSPS) is 11.0. The molecular formula is C13H9F3N2O3S. The second-order valence-electron chi connectivity index (χ2n) is 4.08. The average Bonchev–Trinajstić information content (AvgIpc) is 2.97. The Morgan fingerprint density at radius 1 is 1.32 bits per heavy atom. The Hall–Kier alpha value is -2.42. The van der Waals surface area contributed by atoms with E-state index in [1.54, 1.807) is 22.1 Å². The molecule has 22 heavy (non-hydrogen) atoms. The summed E-state index contributed by atoms with van der Waals surface area (Å²) >= 11 is 1.39. The predicted octanol–water partition coefficient (Wildman–Crippen LogP) is 3.23. The van der Waals surface area contributed by atoms with E-state index in [-0.39, 0.29) is 6.61 Å². The molecule has 9 heteroatoms. The Labute approximate surface area is 126 Å². The number of aromatic nitrogens is 1. The number of alkyl carbamates (subject to hydrolysis) is 1. The van der Waals surface area contributed by atoms with Crippen molar-refractivity contribution in [3.63, 3.8) is 0 Å². The van der Waals surface area contributed by atoms with Crippen LogP contribution in [0.3, 0.4) is 0 Å². The van der Waals surface area contributed by atoms with E-state index in [2.05, 4.69) is 4.98 Å². The fraction of sp³-hybridized carbons (Fsp3) is 0.154. The molecule has 0 aliphatic carbocycles. The smallest absolute Gasteiger partial charge is 0.417 e. The summed E-state index contributed by atoms with van der Waals surface area (Å²) in [5.41, 5.74) is -1.21. The summed E-state index contributed by atoms with van der Waals surface area (Å²) in [5, 5.41) is 5.24. The molecule has 0 saturated heterocycles. The van der Waals surface area contributed by atoms with Gasteiger partial charge in [0.2, 0.25) is 0 Å². The lowest BCUT2D eigenvalue weighted by Crippen LogP contribution is -2.32. The number of carbonyl (C=O) groups is 2. The zero-order valence-corrected chi connectivity index (χ0v) is 11.7. The maximum atomic E-state index is 12.8. The van der Waals surface area contributed by atoms with Crippen LogP contribution in [0.4, 0.5) is 18.0 Å². The summed E-state index contributed by atoms with van der Waals surface area (Å²) in [6.45, 7) is -0.0816. The molecule has 2 heterocycles. The Kier molecular flexibility index (Phi) is 4.76. The van der Waals surface area contributed by atoms with E-state index >= 15 is 0 Å². The Bertz CT molecular complexity index is 671. The molecule has 5 nitrogen and oxygen atoms in total. The molecule has 2 rings (SSSR count). The number of alkyl halides is 3. The van der Waals surface area contributed by atoms with Crippen molar-refractivity contribution in [2.45, 2.75) is 12.8 Å². The summed E-state index contributed by atoms with van der Waals surface area (Å²) in [5.74, 6) is -1.23. The third kappa shape index (κ3) is 4.04. The molecular weight excluding hydrogens is 321 g/mol. The van der Waals surface area contributed by atoms with Crippen molar-refractivity contribution in [1.82, 2.24) is 10.3 Å². The number of nitrogens with zero attached hydrogens (tertiary/aromatic N) is 1. The zero-order valence-electron chi connectivity index (χ0n) is 10.9. The molecule has 0 radical (unpaired) electrons. The largest absolute Gasteiger partial charge is 0.444 e. The summed E-state index contributed by atoms with van der Waals surface area (Å²) < 4.78 is 43.0. The van der Waals surface area contributed by atoms with E-state index in [1.165, 1.54) is 11.3 Å². The SMILES string of the molecule is O=C(NC(=O)c1cnccc1C(F)(F)F)OCc1ccsc1. The maximum Gasteiger partial charge on any atom is 0.417 e. The summed E-state index contributed by atoms with van der Waals surface area (Å²) in [7, 11) is 0. The minimum atomic E-state index is -4.73. The van der Waals surface area contributed by atoms with Crippen LogP contribution in [0.15, 0.2) is 35.3 Å². The molecule has 2 aromatic heterocycles. The molecule has 0 aliphatic heterocycles. The molecule has 2 aromatic rings. The summed E-state index contributed by atoms with van der Waals surface area (Å²) in [6, 6.07) is 2.37. The van der Waals surface area contributed by atoms with Gasteiger partial charge in [-0.2, -0.15) is 24.5 Å². The number of halogens is 3. The van der Waals surface area contributed by atoms with Crippen LogP contribution in [0, 0.1) is 0 Å². The van der Waals surface area contributed by atoms with Crippen LogP contribution in [-0.2, 0) is 17.5 Å². The number of hydrogen-bond donors (Lipinski definition) is 1. The van der Waals surface area contributed by atoms with Crippen LogP contribution < -0.4 is 5.32 Å². The second kappa shape index (κ2) is 6.56. The lowest BCUT2D eigenvalue weighted by molar-refractivity contribution is -0.138. The minimum Gasteiger partial charge on any atom is -0.444 e. The number of carbonyl (C=O) groups excluding carboxylic acids is 2. The molecule has 0 spiro atoms. The number of pyridine rings is 1. The third-order valence-corrected chi connectivity index (χ3v) is 3.27. The topological polar surface area (TPSA) is 68.3 Å². The first kappa shape index (κ1) is 16.0. The Morgan fingerprint density at radius 3 is 2.73 bits per heavy atom. The Balaban J connectivity index is 2.02. The van der Waals surface area contributed by atoms with Gasteiger partial charge in [-0.25, -0.2) is 4.79 Å². The molecule has 2 amide bonds. The van der Waals surface area contributed by atoms with E-state index in [1.807, 2.05) is 0 Å². The molecule has 0 aliphatic rings. The highest BCUT2D eigenvalue weighted by Gasteiger charge is 2.35. The quantitative estimate of drug-likeness (QED) is 0.938. The van der Waals surface area contributed by atoms with E-state index in [4.69, 9.17) is 4.74 Å². The van der Waals surface area contributed by atoms with Gasteiger partial charge >= 0.3 is 12.3 Å². The van der Waals surface area contributed by atoms with E-state index in [0.29, 0.717) is 11.6 Å². The van der Waals surface area contributed by atoms with Crippen molar-refractivity contribution in [2.75, 3.05) is 0 Å². The highest BCUT2D eigenvalue weighted by Crippen LogP contribution is 2.31. The highest BCUT2D eigenvalue weighted by atomic mass is 32.1. The standard InChI is InChI=1S/C13H9F3N2O3S/c14-13(15,16)10-1-3-17-5-9(10)11(19)18-12(20)21-6-8-2-4-22-7-8/h1-5,7H,6H2,(H,18,19,20). The molecule has 0 fully saturated rings. The van der Waals surface area contributed by atoms with Crippen molar-refractivity contribution in [1.29, 1.82) is 0 Å². The maximum absolute atomic E-state index is 12.8. The molecule has 0 unspecified atom stereocenters. The number of thiophene rings is 1. The number of nitrogens with one attached hydrogen (secondary N) is 1. The van der Waals surface area contributed by atoms with Gasteiger partial charge in [-0.3, -0.25) is 15.1 Å². The van der Waals surface area contributed by atoms with Gasteiger partial charge < -0.3 is 4.74 Å². The fourth-order valence-electron chi connectivity index (χ4n) is 1.54. The van der Waals surface area contributed by atoms with Gasteiger partial charge in [0.05, 0.1) is 11.1 Å². The Morgan fingerprint density at radius 2 is 2.09 bits per heavy atom. The fourth-order valence-corrected chi connectivity index (χ4v) is 2.20. The number of amides is 2. The first-order chi connectivity index (χ1) is 10.4. The van der Waals surface area contributed by atoms with Gasteiger partial charge in [-0.1, -0.05) is 0 Å². The van der Waals surface area contributed by atoms with Crippen LogP contribution >= 0.6 is 11.3 Å². The lowest BCUT2D eigenvalue weighted by atomic mass is 10.1. The molecule has 1 N–H and O–H groups in total. The van der Waals surface area contributed by atoms with Crippen molar-refractivity contribution in [3.05, 3.63) is 52.0 Å². The van der Waals surface area contributed by atoms with E-state index in [9.17, 15) is 22.8 Å². The predicted molar refractivity (Wildman–Crippen MR) is 71.2 cm³/mol. The first-order valence-corrected chi connectivity index (χ1v) is 6.82. The molecule has 116 valence electrons. The van der Waals surface area contributed by atoms with Gasteiger partial charge in [0.1, 0.15) is 6.61 Å². The van der Waals surface area contributed by atoms with Crippen LogP contribution in [0.1, 0.15) is 21.5 Å². The van der Waals surface area contributed by atoms with Gasteiger partial charge in [0, 0.05) is 18.0 Å². The summed E-state index contributed by atoms with van der Waals surface area (Å²) in [6.07, 6.45) is -4.21. The van der Waals surface area contributed by atoms with Gasteiger partial charge in [0.15, 0.2) is 0 Å². The van der Waals surface area contributed by atoms with Crippen molar-refractivity contribution in [2.24, 2.45) is 0 Å². The molecule has 0 aromatic carbocycles. The van der Waals surface area contributed by atoms with Gasteiger partial charge in [-0.15, -0.1) is 0 Å². The third-order valence-electron chi connectivity index (χ3n) is 2.54.